The molecule has 1 rings (SSSR count). The largest absolute Gasteiger partial charge is 0.373 e. The Hall–Kier alpha value is -1.52. The second-order valence-corrected chi connectivity index (χ2v) is 2.34. The highest BCUT2D eigenvalue weighted by molar-refractivity contribution is 5.95. The van der Waals surface area contributed by atoms with E-state index in [-0.39, 0.29) is 0 Å². The summed E-state index contributed by atoms with van der Waals surface area (Å²) in [5.41, 5.74) is 5.39. The molecule has 0 bridgehead atoms. The van der Waals surface area contributed by atoms with E-state index in [1.165, 1.54) is 0 Å². The van der Waals surface area contributed by atoms with Crippen molar-refractivity contribution in [2.45, 2.75) is 13.5 Å². The summed E-state index contributed by atoms with van der Waals surface area (Å²) in [4.78, 5) is 14.7. The number of aryl methyl sites for hydroxylation is 1. The predicted molar refractivity (Wildman–Crippen MR) is 46.0 cm³/mol. The van der Waals surface area contributed by atoms with Gasteiger partial charge in [0.25, 0.3) is 5.91 Å². The van der Waals surface area contributed by atoms with Gasteiger partial charge in [0.1, 0.15) is 5.82 Å². The number of amides is 1. The minimum Gasteiger partial charge on any atom is -0.373 e. The van der Waals surface area contributed by atoms with Crippen LogP contribution < -0.4 is 11.1 Å². The Morgan fingerprint density at radius 2 is 2.50 bits per heavy atom. The van der Waals surface area contributed by atoms with Crippen LogP contribution in [0.25, 0.3) is 0 Å². The average molecular weight is 168 g/mol. The molecule has 3 N–H and O–H groups in total. The summed E-state index contributed by atoms with van der Waals surface area (Å²) in [6.07, 6.45) is 1.59. The van der Waals surface area contributed by atoms with Crippen LogP contribution in [0.4, 0.5) is 5.82 Å². The Balaban J connectivity index is 3.13. The molecule has 0 spiro atoms. The predicted octanol–water partition coefficient (Wildman–Crippen LogP) is 0.0436. The molecule has 5 heteroatoms. The van der Waals surface area contributed by atoms with Crippen molar-refractivity contribution in [3.63, 3.8) is 0 Å². The average Bonchev–Trinajstić information content (AvgIpc) is 2.46. The van der Waals surface area contributed by atoms with Crippen LogP contribution in [-0.4, -0.2) is 22.5 Å². The number of hydrogen-bond acceptors (Lipinski definition) is 3. The van der Waals surface area contributed by atoms with E-state index in [4.69, 9.17) is 5.73 Å². The first-order valence-electron chi connectivity index (χ1n) is 3.73. The van der Waals surface area contributed by atoms with E-state index in [9.17, 15) is 4.79 Å². The Morgan fingerprint density at radius 3 is 2.92 bits per heavy atom. The van der Waals surface area contributed by atoms with Crippen molar-refractivity contribution in [3.8, 4) is 0 Å². The van der Waals surface area contributed by atoms with Crippen LogP contribution in [0, 0.1) is 0 Å². The second-order valence-electron chi connectivity index (χ2n) is 2.34. The summed E-state index contributed by atoms with van der Waals surface area (Å²) < 4.78 is 1.82. The molecule has 0 saturated heterocycles. The van der Waals surface area contributed by atoms with Gasteiger partial charge >= 0.3 is 0 Å². The van der Waals surface area contributed by atoms with Crippen molar-refractivity contribution in [3.05, 3.63) is 12.0 Å². The molecular weight excluding hydrogens is 156 g/mol. The maximum absolute atomic E-state index is 10.8. The van der Waals surface area contributed by atoms with Crippen molar-refractivity contribution in [1.29, 1.82) is 0 Å². The molecule has 0 aliphatic carbocycles. The molecule has 12 heavy (non-hydrogen) atoms. The van der Waals surface area contributed by atoms with Crippen LogP contribution in [0.15, 0.2) is 6.33 Å². The van der Waals surface area contributed by atoms with E-state index < -0.39 is 5.91 Å². The van der Waals surface area contributed by atoms with E-state index in [0.29, 0.717) is 11.5 Å². The van der Waals surface area contributed by atoms with Gasteiger partial charge in [0.05, 0.1) is 6.33 Å². The number of carbonyl (C=O) groups excluding carboxylic acids is 1. The number of anilines is 1. The highest BCUT2D eigenvalue weighted by atomic mass is 16.1. The van der Waals surface area contributed by atoms with Crippen LogP contribution in [0.5, 0.6) is 0 Å². The second kappa shape index (κ2) is 3.25. The lowest BCUT2D eigenvalue weighted by Crippen LogP contribution is -2.14. The zero-order valence-corrected chi connectivity index (χ0v) is 7.16. The highest BCUT2D eigenvalue weighted by Gasteiger charge is 2.12. The number of rotatable bonds is 3. The van der Waals surface area contributed by atoms with Crippen LogP contribution in [0.2, 0.25) is 0 Å². The molecule has 0 aromatic carbocycles. The Morgan fingerprint density at radius 1 is 1.83 bits per heavy atom. The van der Waals surface area contributed by atoms with E-state index in [0.717, 1.165) is 6.54 Å². The van der Waals surface area contributed by atoms with Gasteiger partial charge in [-0.1, -0.05) is 0 Å². The number of primary amides is 1. The quantitative estimate of drug-likeness (QED) is 0.669. The van der Waals surface area contributed by atoms with Crippen molar-refractivity contribution in [1.82, 2.24) is 9.55 Å². The number of hydrogen-bond donors (Lipinski definition) is 2. The van der Waals surface area contributed by atoms with Crippen molar-refractivity contribution < 1.29 is 4.79 Å². The summed E-state index contributed by atoms with van der Waals surface area (Å²) in [7, 11) is 1.73. The number of carbonyl (C=O) groups is 1. The first-order chi connectivity index (χ1) is 5.70. The molecule has 66 valence electrons. The van der Waals surface area contributed by atoms with Gasteiger partial charge in [-0.15, -0.1) is 0 Å². The SMILES string of the molecule is CCn1cnc(C(N)=O)c1NC. The standard InChI is InChI=1S/C7H12N4O/c1-3-11-4-10-5(6(8)12)7(11)9-2/h4,9H,3H2,1-2H3,(H2,8,12). The molecule has 5 nitrogen and oxygen atoms in total. The minimum absolute atomic E-state index is 0.291. The van der Waals surface area contributed by atoms with Crippen LogP contribution >= 0.6 is 0 Å². The fourth-order valence-electron chi connectivity index (χ4n) is 1.06. The Bertz CT molecular complexity index is 292. The van der Waals surface area contributed by atoms with Gasteiger partial charge in [0.2, 0.25) is 0 Å². The maximum Gasteiger partial charge on any atom is 0.271 e. The molecule has 0 fully saturated rings. The molecule has 1 amide bonds. The van der Waals surface area contributed by atoms with Crippen molar-refractivity contribution >= 4 is 11.7 Å². The van der Waals surface area contributed by atoms with Crippen LogP contribution in [0.1, 0.15) is 17.4 Å². The fraction of sp³-hybridized carbons (Fsp3) is 0.429. The molecule has 0 aliphatic heterocycles. The van der Waals surface area contributed by atoms with E-state index in [2.05, 4.69) is 10.3 Å². The van der Waals surface area contributed by atoms with Gasteiger partial charge < -0.3 is 15.6 Å². The van der Waals surface area contributed by atoms with Gasteiger partial charge in [-0.3, -0.25) is 4.79 Å². The molecule has 1 aromatic heterocycles. The zero-order chi connectivity index (χ0) is 9.14. The van der Waals surface area contributed by atoms with Crippen molar-refractivity contribution in [2.24, 2.45) is 5.73 Å². The van der Waals surface area contributed by atoms with E-state index in [1.807, 2.05) is 11.5 Å². The third-order valence-electron chi connectivity index (χ3n) is 1.65. The zero-order valence-electron chi connectivity index (χ0n) is 7.16. The fourth-order valence-corrected chi connectivity index (χ4v) is 1.06. The van der Waals surface area contributed by atoms with Crippen LogP contribution in [0.3, 0.4) is 0 Å². The van der Waals surface area contributed by atoms with Gasteiger partial charge in [-0.25, -0.2) is 4.98 Å². The number of aromatic nitrogens is 2. The molecule has 0 atom stereocenters. The Labute approximate surface area is 70.6 Å². The topological polar surface area (TPSA) is 72.9 Å². The Kier molecular flexibility index (Phi) is 2.32. The first kappa shape index (κ1) is 8.58. The monoisotopic (exact) mass is 168 g/mol. The summed E-state index contributed by atoms with van der Waals surface area (Å²) >= 11 is 0. The molecule has 1 aromatic rings. The lowest BCUT2D eigenvalue weighted by molar-refractivity contribution is 0.0997. The minimum atomic E-state index is -0.508. The molecule has 0 radical (unpaired) electrons. The summed E-state index contributed by atoms with van der Waals surface area (Å²) in [5, 5.41) is 2.88. The van der Waals surface area contributed by atoms with Gasteiger partial charge in [-0.05, 0) is 6.92 Å². The summed E-state index contributed by atoms with van der Waals surface area (Å²) in [5.74, 6) is 0.163. The molecular formula is C7H12N4O. The van der Waals surface area contributed by atoms with E-state index in [1.54, 1.807) is 13.4 Å². The van der Waals surface area contributed by atoms with Crippen LogP contribution in [-0.2, 0) is 6.54 Å². The van der Waals surface area contributed by atoms with Gasteiger partial charge in [0, 0.05) is 13.6 Å². The lowest BCUT2D eigenvalue weighted by Gasteiger charge is -2.04. The molecule has 0 saturated carbocycles. The van der Waals surface area contributed by atoms with Gasteiger partial charge in [0.15, 0.2) is 5.69 Å². The third kappa shape index (κ3) is 1.25. The summed E-state index contributed by atoms with van der Waals surface area (Å²) in [6.45, 7) is 2.73. The number of nitrogens with zero attached hydrogens (tertiary/aromatic N) is 2. The highest BCUT2D eigenvalue weighted by Crippen LogP contribution is 2.12. The van der Waals surface area contributed by atoms with Crippen molar-refractivity contribution in [2.75, 3.05) is 12.4 Å². The first-order valence-corrected chi connectivity index (χ1v) is 3.73. The number of nitrogens with one attached hydrogen (secondary N) is 1. The number of imidazole rings is 1. The van der Waals surface area contributed by atoms with Gasteiger partial charge in [-0.2, -0.15) is 0 Å². The summed E-state index contributed by atoms with van der Waals surface area (Å²) in [6, 6.07) is 0. The molecule has 0 aliphatic rings. The third-order valence-corrected chi connectivity index (χ3v) is 1.65. The normalized spacial score (nSPS) is 9.83. The maximum atomic E-state index is 10.8. The van der Waals surface area contributed by atoms with E-state index >= 15 is 0 Å². The number of nitrogens with two attached hydrogens (primary N) is 1. The molecule has 1 heterocycles. The lowest BCUT2D eigenvalue weighted by atomic mass is 10.4. The molecule has 0 unspecified atom stereocenters. The smallest absolute Gasteiger partial charge is 0.271 e.